The van der Waals surface area contributed by atoms with E-state index in [2.05, 4.69) is 10.3 Å². The molecule has 0 spiro atoms. The quantitative estimate of drug-likeness (QED) is 0.881. The van der Waals surface area contributed by atoms with Gasteiger partial charge in [0.25, 0.3) is 11.5 Å². The van der Waals surface area contributed by atoms with Crippen LogP contribution in [0.2, 0.25) is 0 Å². The zero-order chi connectivity index (χ0) is 15.2. The summed E-state index contributed by atoms with van der Waals surface area (Å²) >= 11 is 0. The van der Waals surface area contributed by atoms with E-state index in [-0.39, 0.29) is 17.2 Å². The van der Waals surface area contributed by atoms with E-state index in [1.165, 1.54) is 6.07 Å². The SMILES string of the molecule is Cc1ccc(C(=O)NC(C)COc2ccccc2)c(=O)[nH]1. The number of aryl methyl sites for hydroxylation is 1. The van der Waals surface area contributed by atoms with E-state index in [0.29, 0.717) is 6.61 Å². The third kappa shape index (κ3) is 4.21. The van der Waals surface area contributed by atoms with E-state index < -0.39 is 5.91 Å². The largest absolute Gasteiger partial charge is 0.491 e. The maximum absolute atomic E-state index is 12.0. The second-order valence-corrected chi connectivity index (χ2v) is 4.88. The minimum Gasteiger partial charge on any atom is -0.491 e. The van der Waals surface area contributed by atoms with Gasteiger partial charge in [0.1, 0.15) is 17.9 Å². The van der Waals surface area contributed by atoms with Gasteiger partial charge in [0.05, 0.1) is 6.04 Å². The maximum Gasteiger partial charge on any atom is 0.260 e. The zero-order valence-electron chi connectivity index (χ0n) is 12.1. The molecule has 0 bridgehead atoms. The van der Waals surface area contributed by atoms with E-state index in [1.54, 1.807) is 13.0 Å². The van der Waals surface area contributed by atoms with Crippen LogP contribution in [0.3, 0.4) is 0 Å². The molecular formula is C16H18N2O3. The van der Waals surface area contributed by atoms with Crippen molar-refractivity contribution in [3.8, 4) is 5.75 Å². The molecule has 5 nitrogen and oxygen atoms in total. The zero-order valence-corrected chi connectivity index (χ0v) is 12.1. The number of carbonyl (C=O) groups excluding carboxylic acids is 1. The van der Waals surface area contributed by atoms with Gasteiger partial charge >= 0.3 is 0 Å². The van der Waals surface area contributed by atoms with E-state index >= 15 is 0 Å². The summed E-state index contributed by atoms with van der Waals surface area (Å²) in [5.41, 5.74) is 0.438. The van der Waals surface area contributed by atoms with Gasteiger partial charge in [-0.3, -0.25) is 9.59 Å². The number of carbonyl (C=O) groups is 1. The van der Waals surface area contributed by atoms with Crippen molar-refractivity contribution >= 4 is 5.91 Å². The Morgan fingerprint density at radius 2 is 1.95 bits per heavy atom. The fraction of sp³-hybridized carbons (Fsp3) is 0.250. The van der Waals surface area contributed by atoms with Gasteiger partial charge in [0.15, 0.2) is 0 Å². The Morgan fingerprint density at radius 3 is 2.62 bits per heavy atom. The number of ether oxygens (including phenoxy) is 1. The molecule has 0 radical (unpaired) electrons. The van der Waals surface area contributed by atoms with Gasteiger partial charge in [0, 0.05) is 5.69 Å². The number of hydrogen-bond acceptors (Lipinski definition) is 3. The van der Waals surface area contributed by atoms with Crippen LogP contribution in [0.4, 0.5) is 0 Å². The fourth-order valence-electron chi connectivity index (χ4n) is 1.83. The van der Waals surface area contributed by atoms with Crippen molar-refractivity contribution in [2.75, 3.05) is 6.61 Å². The molecule has 1 aromatic heterocycles. The number of pyridine rings is 1. The Bertz CT molecular complexity index is 665. The number of H-pyrrole nitrogens is 1. The highest BCUT2D eigenvalue weighted by molar-refractivity contribution is 5.93. The summed E-state index contributed by atoms with van der Waals surface area (Å²) in [7, 11) is 0. The summed E-state index contributed by atoms with van der Waals surface area (Å²) < 4.78 is 5.55. The van der Waals surface area contributed by atoms with Crippen LogP contribution in [0.5, 0.6) is 5.75 Å². The lowest BCUT2D eigenvalue weighted by Crippen LogP contribution is -2.39. The molecule has 0 fully saturated rings. The second kappa shape index (κ2) is 6.74. The van der Waals surface area contributed by atoms with Crippen molar-refractivity contribution in [2.24, 2.45) is 0 Å². The third-order valence-corrected chi connectivity index (χ3v) is 2.92. The average molecular weight is 286 g/mol. The van der Waals surface area contributed by atoms with Crippen molar-refractivity contribution < 1.29 is 9.53 Å². The second-order valence-electron chi connectivity index (χ2n) is 4.88. The Labute approximate surface area is 123 Å². The molecule has 1 amide bonds. The monoisotopic (exact) mass is 286 g/mol. The van der Waals surface area contributed by atoms with Crippen LogP contribution in [0.1, 0.15) is 23.0 Å². The summed E-state index contributed by atoms with van der Waals surface area (Å²) in [4.78, 5) is 26.3. The van der Waals surface area contributed by atoms with Gasteiger partial charge in [-0.25, -0.2) is 0 Å². The van der Waals surface area contributed by atoms with Crippen LogP contribution in [-0.2, 0) is 0 Å². The first-order valence-electron chi connectivity index (χ1n) is 6.75. The molecule has 0 aliphatic rings. The lowest BCUT2D eigenvalue weighted by Gasteiger charge is -2.14. The van der Waals surface area contributed by atoms with Gasteiger partial charge in [-0.05, 0) is 38.1 Å². The fourth-order valence-corrected chi connectivity index (χ4v) is 1.83. The number of amides is 1. The maximum atomic E-state index is 12.0. The minimum absolute atomic E-state index is 0.104. The molecule has 1 atom stereocenters. The van der Waals surface area contributed by atoms with Crippen LogP contribution < -0.4 is 15.6 Å². The number of para-hydroxylation sites is 1. The van der Waals surface area contributed by atoms with E-state index in [1.807, 2.05) is 37.3 Å². The van der Waals surface area contributed by atoms with Crippen molar-refractivity contribution in [1.82, 2.24) is 10.3 Å². The summed E-state index contributed by atoms with van der Waals surface area (Å²) in [5, 5.41) is 2.74. The standard InChI is InChI=1S/C16H18N2O3/c1-11-8-9-14(15(19)17-11)16(20)18-12(2)10-21-13-6-4-3-5-7-13/h3-9,12H,10H2,1-2H3,(H,17,19)(H,18,20). The molecule has 0 aliphatic heterocycles. The van der Waals surface area contributed by atoms with E-state index in [0.717, 1.165) is 11.4 Å². The number of benzene rings is 1. The molecule has 1 aromatic carbocycles. The number of aromatic nitrogens is 1. The number of rotatable bonds is 5. The summed E-state index contributed by atoms with van der Waals surface area (Å²) in [5.74, 6) is 0.340. The first-order valence-corrected chi connectivity index (χ1v) is 6.75. The number of aromatic amines is 1. The predicted octanol–water partition coefficient (Wildman–Crippen LogP) is 1.88. The highest BCUT2D eigenvalue weighted by Crippen LogP contribution is 2.08. The highest BCUT2D eigenvalue weighted by Gasteiger charge is 2.13. The molecule has 5 heteroatoms. The molecule has 110 valence electrons. The Hall–Kier alpha value is -2.56. The van der Waals surface area contributed by atoms with Crippen LogP contribution >= 0.6 is 0 Å². The molecule has 0 saturated carbocycles. The molecule has 0 saturated heterocycles. The van der Waals surface area contributed by atoms with Gasteiger partial charge in [-0.15, -0.1) is 0 Å². The number of hydrogen-bond donors (Lipinski definition) is 2. The first kappa shape index (κ1) is 14.8. The highest BCUT2D eigenvalue weighted by atomic mass is 16.5. The molecule has 0 aliphatic carbocycles. The van der Waals surface area contributed by atoms with Gasteiger partial charge in [-0.1, -0.05) is 18.2 Å². The normalized spacial score (nSPS) is 11.7. The third-order valence-electron chi connectivity index (χ3n) is 2.92. The lowest BCUT2D eigenvalue weighted by molar-refractivity contribution is 0.0925. The molecule has 2 rings (SSSR count). The van der Waals surface area contributed by atoms with E-state index in [9.17, 15) is 9.59 Å². The summed E-state index contributed by atoms with van der Waals surface area (Å²) in [6, 6.07) is 12.4. The minimum atomic E-state index is -0.402. The smallest absolute Gasteiger partial charge is 0.260 e. The van der Waals surface area contributed by atoms with Crippen LogP contribution in [-0.4, -0.2) is 23.5 Å². The first-order chi connectivity index (χ1) is 10.1. The number of nitrogens with one attached hydrogen (secondary N) is 2. The molecule has 1 heterocycles. The van der Waals surface area contributed by atoms with Gasteiger partial charge in [0.2, 0.25) is 0 Å². The van der Waals surface area contributed by atoms with Gasteiger partial charge in [-0.2, -0.15) is 0 Å². The summed E-state index contributed by atoms with van der Waals surface area (Å²) in [6.45, 7) is 3.92. The molecule has 2 N–H and O–H groups in total. The van der Waals surface area contributed by atoms with Crippen LogP contribution in [0, 0.1) is 6.92 Å². The van der Waals surface area contributed by atoms with Crippen molar-refractivity contribution in [3.05, 3.63) is 64.1 Å². The average Bonchev–Trinajstić information content (AvgIpc) is 2.46. The van der Waals surface area contributed by atoms with Crippen LogP contribution in [0.25, 0.3) is 0 Å². The predicted molar refractivity (Wildman–Crippen MR) is 80.7 cm³/mol. The molecule has 21 heavy (non-hydrogen) atoms. The Balaban J connectivity index is 1.91. The van der Waals surface area contributed by atoms with Crippen LogP contribution in [0.15, 0.2) is 47.3 Å². The Morgan fingerprint density at radius 1 is 1.24 bits per heavy atom. The Kier molecular flexibility index (Phi) is 4.77. The molecule has 1 unspecified atom stereocenters. The topological polar surface area (TPSA) is 71.2 Å². The van der Waals surface area contributed by atoms with Crippen molar-refractivity contribution in [2.45, 2.75) is 19.9 Å². The van der Waals surface area contributed by atoms with E-state index in [4.69, 9.17) is 4.74 Å². The lowest BCUT2D eigenvalue weighted by atomic mass is 10.2. The van der Waals surface area contributed by atoms with Gasteiger partial charge < -0.3 is 15.0 Å². The van der Waals surface area contributed by atoms with Crippen molar-refractivity contribution in [1.29, 1.82) is 0 Å². The van der Waals surface area contributed by atoms with Crippen molar-refractivity contribution in [3.63, 3.8) is 0 Å². The summed E-state index contributed by atoms with van der Waals surface area (Å²) in [6.07, 6.45) is 0. The molecular weight excluding hydrogens is 268 g/mol. The molecule has 2 aromatic rings.